The number of hydrogen-bond acceptors (Lipinski definition) is 2. The summed E-state index contributed by atoms with van der Waals surface area (Å²) in [7, 11) is 0. The van der Waals surface area contributed by atoms with Crippen LogP contribution in [0.1, 0.15) is 18.4 Å². The molecular formula is C11H10F2O3. The van der Waals surface area contributed by atoms with E-state index in [0.717, 1.165) is 12.1 Å². The predicted molar refractivity (Wildman–Crippen MR) is 50.9 cm³/mol. The Kier molecular flexibility index (Phi) is 2.63. The van der Waals surface area contributed by atoms with Crippen LogP contribution < -0.4 is 0 Å². The minimum Gasteiger partial charge on any atom is -0.481 e. The number of carboxylic acids is 1. The molecule has 1 aromatic carbocycles. The molecule has 1 saturated heterocycles. The highest BCUT2D eigenvalue weighted by molar-refractivity contribution is 5.69. The number of ether oxygens (including phenoxy) is 1. The molecule has 0 aliphatic carbocycles. The lowest BCUT2D eigenvalue weighted by Gasteiger charge is -2.41. The molecule has 0 radical (unpaired) electrons. The molecule has 1 unspecified atom stereocenters. The molecule has 1 fully saturated rings. The highest BCUT2D eigenvalue weighted by Crippen LogP contribution is 2.40. The molecule has 1 aliphatic heterocycles. The molecule has 0 spiro atoms. The van der Waals surface area contributed by atoms with Gasteiger partial charge >= 0.3 is 5.97 Å². The second-order valence-corrected chi connectivity index (χ2v) is 3.79. The first-order chi connectivity index (χ1) is 7.53. The SMILES string of the molecule is O=C(O)CC1(c2ccc(F)c(F)c2)CCO1. The molecule has 2 rings (SSSR count). The van der Waals surface area contributed by atoms with Crippen LogP contribution in [0, 0.1) is 11.6 Å². The molecule has 0 aromatic heterocycles. The minimum absolute atomic E-state index is 0.238. The van der Waals surface area contributed by atoms with Gasteiger partial charge in [-0.05, 0) is 17.7 Å². The second kappa shape index (κ2) is 3.83. The third-order valence-corrected chi connectivity index (χ3v) is 2.77. The van der Waals surface area contributed by atoms with Crippen molar-refractivity contribution in [2.45, 2.75) is 18.4 Å². The van der Waals surface area contributed by atoms with Crippen LogP contribution >= 0.6 is 0 Å². The highest BCUT2D eigenvalue weighted by atomic mass is 19.2. The molecule has 1 aromatic rings. The lowest BCUT2D eigenvalue weighted by atomic mass is 9.83. The zero-order valence-corrected chi connectivity index (χ0v) is 8.37. The Bertz CT molecular complexity index is 427. The Morgan fingerprint density at radius 2 is 2.12 bits per heavy atom. The molecule has 1 N–H and O–H groups in total. The zero-order valence-electron chi connectivity index (χ0n) is 8.37. The average molecular weight is 228 g/mol. The van der Waals surface area contributed by atoms with Crippen LogP contribution in [0.15, 0.2) is 18.2 Å². The number of rotatable bonds is 3. The molecule has 0 amide bonds. The van der Waals surface area contributed by atoms with E-state index in [1.165, 1.54) is 6.07 Å². The molecule has 0 saturated carbocycles. The summed E-state index contributed by atoms with van der Waals surface area (Å²) in [6.45, 7) is 0.437. The first-order valence-corrected chi connectivity index (χ1v) is 4.85. The number of halogens is 2. The van der Waals surface area contributed by atoms with Crippen molar-refractivity contribution in [1.29, 1.82) is 0 Å². The van der Waals surface area contributed by atoms with Gasteiger partial charge in [-0.25, -0.2) is 8.78 Å². The normalized spacial score (nSPS) is 23.9. The minimum atomic E-state index is -1.02. The second-order valence-electron chi connectivity index (χ2n) is 3.79. The Labute approximate surface area is 90.7 Å². The Morgan fingerprint density at radius 1 is 1.44 bits per heavy atom. The van der Waals surface area contributed by atoms with Gasteiger partial charge in [-0.3, -0.25) is 4.79 Å². The summed E-state index contributed by atoms with van der Waals surface area (Å²) in [5, 5.41) is 8.75. The Morgan fingerprint density at radius 3 is 2.56 bits per heavy atom. The van der Waals surface area contributed by atoms with E-state index in [-0.39, 0.29) is 6.42 Å². The summed E-state index contributed by atoms with van der Waals surface area (Å²) in [5.74, 6) is -2.96. The third kappa shape index (κ3) is 1.78. The number of carboxylic acid groups (broad SMARTS) is 1. The van der Waals surface area contributed by atoms with E-state index in [0.29, 0.717) is 18.6 Å². The lowest BCUT2D eigenvalue weighted by molar-refractivity contribution is -0.176. The highest BCUT2D eigenvalue weighted by Gasteiger charge is 2.42. The fourth-order valence-corrected chi connectivity index (χ4v) is 1.84. The van der Waals surface area contributed by atoms with E-state index in [9.17, 15) is 13.6 Å². The van der Waals surface area contributed by atoms with Gasteiger partial charge < -0.3 is 9.84 Å². The van der Waals surface area contributed by atoms with Crippen LogP contribution in [0.2, 0.25) is 0 Å². The fraction of sp³-hybridized carbons (Fsp3) is 0.364. The first kappa shape index (κ1) is 11.0. The van der Waals surface area contributed by atoms with Gasteiger partial charge in [-0.2, -0.15) is 0 Å². The summed E-state index contributed by atoms with van der Waals surface area (Å²) < 4.78 is 31.0. The molecule has 3 nitrogen and oxygen atoms in total. The van der Waals surface area contributed by atoms with Crippen molar-refractivity contribution in [3.05, 3.63) is 35.4 Å². The fourth-order valence-electron chi connectivity index (χ4n) is 1.84. The molecule has 1 atom stereocenters. The smallest absolute Gasteiger partial charge is 0.306 e. The molecule has 1 heterocycles. The molecule has 5 heteroatoms. The zero-order chi connectivity index (χ0) is 11.8. The topological polar surface area (TPSA) is 46.5 Å². The van der Waals surface area contributed by atoms with Gasteiger partial charge in [0.1, 0.15) is 5.60 Å². The molecule has 0 bridgehead atoms. The summed E-state index contributed by atoms with van der Waals surface area (Å²) in [6.07, 6.45) is 0.266. The van der Waals surface area contributed by atoms with Crippen molar-refractivity contribution in [3.8, 4) is 0 Å². The van der Waals surface area contributed by atoms with Gasteiger partial charge in [0.2, 0.25) is 0 Å². The summed E-state index contributed by atoms with van der Waals surface area (Å²) >= 11 is 0. The number of carbonyl (C=O) groups is 1. The Balaban J connectivity index is 2.33. The Hall–Kier alpha value is -1.49. The summed E-state index contributed by atoms with van der Waals surface area (Å²) in [4.78, 5) is 10.7. The van der Waals surface area contributed by atoms with E-state index in [4.69, 9.17) is 9.84 Å². The van der Waals surface area contributed by atoms with E-state index < -0.39 is 23.2 Å². The molecule has 16 heavy (non-hydrogen) atoms. The number of benzene rings is 1. The summed E-state index contributed by atoms with van der Waals surface area (Å²) in [6, 6.07) is 3.34. The summed E-state index contributed by atoms with van der Waals surface area (Å²) in [5.41, 5.74) is -0.611. The molecular weight excluding hydrogens is 218 g/mol. The van der Waals surface area contributed by atoms with Crippen LogP contribution in [0.4, 0.5) is 8.78 Å². The van der Waals surface area contributed by atoms with Gasteiger partial charge in [0.15, 0.2) is 11.6 Å². The van der Waals surface area contributed by atoms with Gasteiger partial charge in [-0.15, -0.1) is 0 Å². The predicted octanol–water partition coefficient (Wildman–Crippen LogP) is 2.06. The largest absolute Gasteiger partial charge is 0.481 e. The number of hydrogen-bond donors (Lipinski definition) is 1. The van der Waals surface area contributed by atoms with Gasteiger partial charge in [0.25, 0.3) is 0 Å². The maximum absolute atomic E-state index is 13.0. The van der Waals surface area contributed by atoms with Gasteiger partial charge in [0.05, 0.1) is 13.0 Å². The van der Waals surface area contributed by atoms with Crippen LogP contribution in [0.5, 0.6) is 0 Å². The lowest BCUT2D eigenvalue weighted by Crippen LogP contribution is -2.42. The monoisotopic (exact) mass is 228 g/mol. The maximum Gasteiger partial charge on any atom is 0.306 e. The van der Waals surface area contributed by atoms with Gasteiger partial charge in [0, 0.05) is 6.42 Å². The van der Waals surface area contributed by atoms with Crippen molar-refractivity contribution >= 4 is 5.97 Å². The van der Waals surface area contributed by atoms with Crippen LogP contribution in [-0.2, 0) is 15.1 Å². The van der Waals surface area contributed by atoms with E-state index in [1.54, 1.807) is 0 Å². The van der Waals surface area contributed by atoms with E-state index in [2.05, 4.69) is 0 Å². The number of aliphatic carboxylic acids is 1. The van der Waals surface area contributed by atoms with E-state index >= 15 is 0 Å². The van der Waals surface area contributed by atoms with Crippen molar-refractivity contribution in [2.24, 2.45) is 0 Å². The quantitative estimate of drug-likeness (QED) is 0.861. The molecule has 86 valence electrons. The third-order valence-electron chi connectivity index (χ3n) is 2.77. The van der Waals surface area contributed by atoms with E-state index in [1.807, 2.05) is 0 Å². The standard InChI is InChI=1S/C11H10F2O3/c12-8-2-1-7(5-9(8)13)11(3-4-16-11)6-10(14)15/h1-2,5H,3-4,6H2,(H,14,15). The first-order valence-electron chi connectivity index (χ1n) is 4.85. The van der Waals surface area contributed by atoms with Gasteiger partial charge in [-0.1, -0.05) is 6.07 Å². The van der Waals surface area contributed by atoms with Crippen molar-refractivity contribution in [3.63, 3.8) is 0 Å². The van der Waals surface area contributed by atoms with Crippen molar-refractivity contribution in [2.75, 3.05) is 6.61 Å². The van der Waals surface area contributed by atoms with Crippen molar-refractivity contribution in [1.82, 2.24) is 0 Å². The van der Waals surface area contributed by atoms with Crippen LogP contribution in [0.3, 0.4) is 0 Å². The van der Waals surface area contributed by atoms with Crippen LogP contribution in [0.25, 0.3) is 0 Å². The molecule has 1 aliphatic rings. The van der Waals surface area contributed by atoms with Crippen LogP contribution in [-0.4, -0.2) is 17.7 Å². The average Bonchev–Trinajstić information content (AvgIpc) is 2.16. The van der Waals surface area contributed by atoms with Crippen molar-refractivity contribution < 1.29 is 23.4 Å². The maximum atomic E-state index is 13.0.